The number of hydrogen-bond donors (Lipinski definition) is 1. The largest absolute Gasteiger partial charge is 0.512 e. The van der Waals surface area contributed by atoms with Gasteiger partial charge in [-0.05, 0) is 31.0 Å². The van der Waals surface area contributed by atoms with Gasteiger partial charge < -0.3 is 5.11 Å². The number of aliphatic imine (C=N–C) groups is 1. The molecule has 1 radical (unpaired) electrons. The van der Waals surface area contributed by atoms with Crippen molar-refractivity contribution in [3.05, 3.63) is 95.5 Å². The number of hydrogen-bond acceptors (Lipinski definition) is 3. The summed E-state index contributed by atoms with van der Waals surface area (Å²) in [4.78, 5) is 14.3. The van der Waals surface area contributed by atoms with Crippen molar-refractivity contribution in [1.82, 2.24) is 0 Å². The van der Waals surface area contributed by atoms with Crippen LogP contribution in [0.2, 0.25) is 0 Å². The molecule has 3 rings (SSSR count). The van der Waals surface area contributed by atoms with Crippen LogP contribution in [0.1, 0.15) is 25.0 Å². The maximum Gasteiger partial charge on any atom is 0.155 e. The van der Waals surface area contributed by atoms with Crippen LogP contribution in [0.15, 0.2) is 77.5 Å². The van der Waals surface area contributed by atoms with Crippen molar-refractivity contribution >= 4 is 22.3 Å². The Balaban J connectivity index is 0.000000425. The predicted octanol–water partition coefficient (Wildman–Crippen LogP) is 5.28. The summed E-state index contributed by atoms with van der Waals surface area (Å²) in [7, 11) is 1.68. The molecule has 0 atom stereocenters. The molecule has 3 aromatic carbocycles. The van der Waals surface area contributed by atoms with E-state index in [0.717, 1.165) is 16.3 Å². The molecule has 0 spiro atoms. The topological polar surface area (TPSA) is 49.7 Å². The first-order valence-corrected chi connectivity index (χ1v) is 8.43. The molecule has 0 saturated heterocycles. The summed E-state index contributed by atoms with van der Waals surface area (Å²) in [6, 6.07) is 21.7. The van der Waals surface area contributed by atoms with E-state index in [1.54, 1.807) is 19.2 Å². The van der Waals surface area contributed by atoms with Crippen LogP contribution in [0.3, 0.4) is 0 Å². The summed E-state index contributed by atoms with van der Waals surface area (Å²) in [5.74, 6) is -0.336. The van der Waals surface area contributed by atoms with Crippen molar-refractivity contribution in [2.24, 2.45) is 4.99 Å². The molecule has 1 N–H and O–H groups in total. The molecule has 28 heavy (non-hydrogen) atoms. The zero-order chi connectivity index (χ0) is 19.8. The van der Waals surface area contributed by atoms with Crippen LogP contribution < -0.4 is 0 Å². The fourth-order valence-electron chi connectivity index (χ4n) is 2.68. The van der Waals surface area contributed by atoms with Crippen LogP contribution >= 0.6 is 0 Å². The van der Waals surface area contributed by atoms with Gasteiger partial charge >= 0.3 is 0 Å². The van der Waals surface area contributed by atoms with Gasteiger partial charge in [0, 0.05) is 38.9 Å². The monoisotopic (exact) mass is 555 g/mol. The normalized spacial score (nSPS) is 11.3. The number of aliphatic hydroxyl groups excluding tert-OH is 1. The number of aliphatic hydroxyl groups is 1. The van der Waals surface area contributed by atoms with Gasteiger partial charge in [-0.25, -0.2) is 4.39 Å². The second-order valence-electron chi connectivity index (χ2n) is 5.89. The third-order valence-electron chi connectivity index (χ3n) is 3.71. The minimum atomic E-state index is -0.274. The quantitative estimate of drug-likeness (QED) is 0.207. The van der Waals surface area contributed by atoms with Crippen molar-refractivity contribution < 1.29 is 34.4 Å². The molecule has 0 saturated carbocycles. The number of allylic oxidation sites excluding steroid dienone is 2. The molecule has 147 valence electrons. The van der Waals surface area contributed by atoms with Crippen LogP contribution in [-0.2, 0) is 24.9 Å². The van der Waals surface area contributed by atoms with Crippen molar-refractivity contribution in [2.45, 2.75) is 13.8 Å². The summed E-state index contributed by atoms with van der Waals surface area (Å²) in [6.07, 6.45) is 1.17. The van der Waals surface area contributed by atoms with Crippen LogP contribution in [-0.4, -0.2) is 23.6 Å². The van der Waals surface area contributed by atoms with E-state index in [1.165, 1.54) is 26.0 Å². The SMILES string of the molecule is CC(=O)/C=C(/C)O.CN=C(c1ccccc1)c1c(F)ccc2ccc[c-]c12.[Ir]. The van der Waals surface area contributed by atoms with Gasteiger partial charge in [0.1, 0.15) is 0 Å². The first-order valence-electron chi connectivity index (χ1n) is 8.43. The Morgan fingerprint density at radius 2 is 1.75 bits per heavy atom. The molecule has 0 aliphatic rings. The first-order chi connectivity index (χ1) is 12.9. The Kier molecular flexibility index (Phi) is 9.43. The Labute approximate surface area is 178 Å². The van der Waals surface area contributed by atoms with E-state index in [-0.39, 0.29) is 37.5 Å². The van der Waals surface area contributed by atoms with Crippen molar-refractivity contribution in [3.8, 4) is 0 Å². The standard InChI is InChI=1S/C18H13FN.C5H8O2.Ir/c1-20-18(14-8-3-2-4-9-14)17-15-10-6-5-7-13(15)11-12-16(17)19;1-4(6)3-5(2)7;/h2-9,11-12H,1H3;3,6H,1-2H3;/q-1;;/b;4-3-;. The second-order valence-corrected chi connectivity index (χ2v) is 5.89. The summed E-state index contributed by atoms with van der Waals surface area (Å²) < 4.78 is 14.3. The third kappa shape index (κ3) is 6.22. The number of nitrogens with zero attached hydrogens (tertiary/aromatic N) is 1. The number of halogens is 1. The summed E-state index contributed by atoms with van der Waals surface area (Å²) in [5, 5.41) is 10.1. The molecule has 0 heterocycles. The van der Waals surface area contributed by atoms with Crippen molar-refractivity contribution in [3.63, 3.8) is 0 Å². The predicted molar refractivity (Wildman–Crippen MR) is 108 cm³/mol. The van der Waals surface area contributed by atoms with Gasteiger partial charge in [0.25, 0.3) is 0 Å². The Hall–Kier alpha value is -2.62. The number of rotatable bonds is 3. The number of carbonyl (C=O) groups is 1. The van der Waals surface area contributed by atoms with Gasteiger partial charge in [-0.1, -0.05) is 36.4 Å². The number of fused-ring (bicyclic) bond motifs is 1. The molecule has 3 aromatic rings. The minimum absolute atomic E-state index is 0. The fraction of sp³-hybridized carbons (Fsp3) is 0.130. The third-order valence-corrected chi connectivity index (χ3v) is 3.71. The maximum absolute atomic E-state index is 14.3. The number of benzene rings is 3. The zero-order valence-corrected chi connectivity index (χ0v) is 18.3. The molecule has 0 aliphatic heterocycles. The molecule has 0 amide bonds. The zero-order valence-electron chi connectivity index (χ0n) is 15.9. The maximum atomic E-state index is 14.3. The van der Waals surface area contributed by atoms with E-state index in [0.29, 0.717) is 11.3 Å². The van der Waals surface area contributed by atoms with E-state index in [1.807, 2.05) is 42.5 Å². The van der Waals surface area contributed by atoms with Crippen LogP contribution in [0.5, 0.6) is 0 Å². The molecule has 0 unspecified atom stereocenters. The Morgan fingerprint density at radius 3 is 2.29 bits per heavy atom. The smallest absolute Gasteiger partial charge is 0.155 e. The first kappa shape index (κ1) is 23.4. The number of carbonyl (C=O) groups excluding carboxylic acids is 1. The molecular weight excluding hydrogens is 533 g/mol. The average Bonchev–Trinajstić information content (AvgIpc) is 2.64. The van der Waals surface area contributed by atoms with Crippen molar-refractivity contribution in [2.75, 3.05) is 7.05 Å². The van der Waals surface area contributed by atoms with Crippen LogP contribution in [0.4, 0.5) is 4.39 Å². The van der Waals surface area contributed by atoms with Gasteiger partial charge in [0.15, 0.2) is 5.78 Å². The summed E-state index contributed by atoms with van der Waals surface area (Å²) in [5.41, 5.74) is 2.06. The van der Waals surface area contributed by atoms with E-state index < -0.39 is 0 Å². The van der Waals surface area contributed by atoms with E-state index in [9.17, 15) is 9.18 Å². The number of ketones is 1. The van der Waals surface area contributed by atoms with Gasteiger partial charge in [-0.2, -0.15) is 0 Å². The summed E-state index contributed by atoms with van der Waals surface area (Å²) in [6.45, 7) is 2.85. The Morgan fingerprint density at radius 1 is 1.07 bits per heavy atom. The van der Waals surface area contributed by atoms with Gasteiger partial charge in [0.05, 0.1) is 11.6 Å². The van der Waals surface area contributed by atoms with Crippen LogP contribution in [0.25, 0.3) is 10.8 Å². The van der Waals surface area contributed by atoms with Crippen molar-refractivity contribution in [1.29, 1.82) is 0 Å². The molecular formula is C23H21FIrNO2-. The van der Waals surface area contributed by atoms with Gasteiger partial charge in [-0.3, -0.25) is 9.79 Å². The minimum Gasteiger partial charge on any atom is -0.512 e. The molecule has 0 bridgehead atoms. The molecule has 0 aromatic heterocycles. The molecule has 3 nitrogen and oxygen atoms in total. The molecule has 0 fully saturated rings. The van der Waals surface area contributed by atoms with Crippen LogP contribution in [0, 0.1) is 11.9 Å². The van der Waals surface area contributed by atoms with E-state index in [4.69, 9.17) is 5.11 Å². The second kappa shape index (κ2) is 11.3. The van der Waals surface area contributed by atoms with Gasteiger partial charge in [-0.15, -0.1) is 35.0 Å². The van der Waals surface area contributed by atoms with E-state index in [2.05, 4.69) is 11.1 Å². The summed E-state index contributed by atoms with van der Waals surface area (Å²) >= 11 is 0. The average molecular weight is 555 g/mol. The molecule has 5 heteroatoms. The van der Waals surface area contributed by atoms with Gasteiger partial charge in [0.2, 0.25) is 0 Å². The fourth-order valence-corrected chi connectivity index (χ4v) is 2.68. The van der Waals surface area contributed by atoms with E-state index >= 15 is 0 Å². The molecule has 0 aliphatic carbocycles. The Bertz CT molecular complexity index is 994.